The minimum atomic E-state index is -0.126. The van der Waals surface area contributed by atoms with E-state index >= 15 is 0 Å². The second-order valence-corrected chi connectivity index (χ2v) is 6.85. The highest BCUT2D eigenvalue weighted by molar-refractivity contribution is 7.99. The molecule has 0 saturated heterocycles. The number of carbonyl (C=O) groups excluding carboxylic acids is 1. The lowest BCUT2D eigenvalue weighted by Crippen LogP contribution is -2.25. The van der Waals surface area contributed by atoms with Crippen molar-refractivity contribution in [1.82, 2.24) is 30.0 Å². The maximum absolute atomic E-state index is 12.1. The van der Waals surface area contributed by atoms with E-state index < -0.39 is 0 Å². The molecule has 0 aliphatic rings. The van der Waals surface area contributed by atoms with Crippen molar-refractivity contribution in [2.75, 3.05) is 18.7 Å². The van der Waals surface area contributed by atoms with Gasteiger partial charge in [0, 0.05) is 12.2 Å². The monoisotopic (exact) mass is 387 g/mol. The quantitative estimate of drug-likeness (QED) is 0.463. The molecule has 0 bridgehead atoms. The summed E-state index contributed by atoms with van der Waals surface area (Å²) in [4.78, 5) is 12.1. The lowest BCUT2D eigenvalue weighted by Gasteiger charge is -2.07. The lowest BCUT2D eigenvalue weighted by molar-refractivity contribution is -0.118. The Morgan fingerprint density at radius 3 is 2.81 bits per heavy atom. The number of hydrogen-bond acceptors (Lipinski definition) is 7. The van der Waals surface area contributed by atoms with Gasteiger partial charge in [-0.25, -0.2) is 9.36 Å². The van der Waals surface area contributed by atoms with E-state index in [1.165, 1.54) is 16.4 Å². The third-order valence-corrected chi connectivity index (χ3v) is 4.74. The van der Waals surface area contributed by atoms with Crippen LogP contribution in [0.25, 0.3) is 5.95 Å². The summed E-state index contributed by atoms with van der Waals surface area (Å²) in [6, 6.07) is 9.47. The van der Waals surface area contributed by atoms with Crippen LogP contribution in [0.5, 0.6) is 5.75 Å². The van der Waals surface area contributed by atoms with Crippen LogP contribution in [0.3, 0.4) is 0 Å². The smallest absolute Gasteiger partial charge is 0.271 e. The number of aromatic nitrogens is 5. The second kappa shape index (κ2) is 8.12. The van der Waals surface area contributed by atoms with Gasteiger partial charge in [-0.3, -0.25) is 4.79 Å². The molecule has 0 unspecified atom stereocenters. The third-order valence-electron chi connectivity index (χ3n) is 3.80. The molecule has 0 aliphatic heterocycles. The van der Waals surface area contributed by atoms with Crippen LogP contribution in [0, 0.1) is 13.8 Å². The summed E-state index contributed by atoms with van der Waals surface area (Å²) < 4.78 is 8.13. The predicted molar refractivity (Wildman–Crippen MR) is 102 cm³/mol. The molecule has 0 aliphatic carbocycles. The van der Waals surface area contributed by atoms with Crippen molar-refractivity contribution in [2.24, 2.45) is 0 Å². The topological polar surface area (TPSA) is 113 Å². The fraction of sp³-hybridized carbons (Fsp3) is 0.294. The Bertz CT molecular complexity index is 951. The van der Waals surface area contributed by atoms with Crippen LogP contribution in [0.15, 0.2) is 35.5 Å². The van der Waals surface area contributed by atoms with Gasteiger partial charge in [0.15, 0.2) is 0 Å². The minimum Gasteiger partial charge on any atom is -0.497 e. The number of hydrogen-bond donors (Lipinski definition) is 2. The minimum absolute atomic E-state index is 0.126. The van der Waals surface area contributed by atoms with Crippen molar-refractivity contribution in [3.63, 3.8) is 0 Å². The highest BCUT2D eigenvalue weighted by Crippen LogP contribution is 2.17. The van der Waals surface area contributed by atoms with E-state index in [0.717, 1.165) is 22.7 Å². The first-order valence-corrected chi connectivity index (χ1v) is 9.23. The van der Waals surface area contributed by atoms with Crippen molar-refractivity contribution >= 4 is 17.7 Å². The fourth-order valence-corrected chi connectivity index (χ4v) is 3.19. The summed E-state index contributed by atoms with van der Waals surface area (Å²) in [5.41, 5.74) is 2.72. The zero-order valence-corrected chi connectivity index (χ0v) is 16.2. The van der Waals surface area contributed by atoms with Gasteiger partial charge in [0.25, 0.3) is 5.95 Å². The Labute approximate surface area is 160 Å². The van der Waals surface area contributed by atoms with Gasteiger partial charge in [0.05, 0.1) is 18.6 Å². The standard InChI is InChI=1S/C17H21N7O2S/c1-11-7-12(2)24(22-11)16-20-21-17(23(16)18)27-10-15(25)19-9-13-5-4-6-14(8-13)26-3/h4-8H,9-10,18H2,1-3H3,(H,19,25). The van der Waals surface area contributed by atoms with Crippen molar-refractivity contribution in [3.05, 3.63) is 47.3 Å². The summed E-state index contributed by atoms with van der Waals surface area (Å²) >= 11 is 1.21. The van der Waals surface area contributed by atoms with Gasteiger partial charge in [0.2, 0.25) is 11.1 Å². The van der Waals surface area contributed by atoms with Crippen LogP contribution < -0.4 is 15.9 Å². The number of nitrogens with two attached hydrogens (primary N) is 1. The Kier molecular flexibility index (Phi) is 5.65. The van der Waals surface area contributed by atoms with E-state index in [2.05, 4.69) is 20.6 Å². The first-order chi connectivity index (χ1) is 13.0. The molecule has 1 aromatic carbocycles. The maximum atomic E-state index is 12.1. The van der Waals surface area contributed by atoms with Gasteiger partial charge in [-0.2, -0.15) is 5.10 Å². The normalized spacial score (nSPS) is 10.8. The summed E-state index contributed by atoms with van der Waals surface area (Å²) in [5, 5.41) is 15.8. The number of carbonyl (C=O) groups is 1. The van der Waals surface area contributed by atoms with Crippen molar-refractivity contribution in [2.45, 2.75) is 25.5 Å². The molecule has 0 saturated carbocycles. The summed E-state index contributed by atoms with van der Waals surface area (Å²) in [6.45, 7) is 4.22. The van der Waals surface area contributed by atoms with Crippen LogP contribution in [0.2, 0.25) is 0 Å². The highest BCUT2D eigenvalue weighted by Gasteiger charge is 2.16. The second-order valence-electron chi connectivity index (χ2n) is 5.91. The van der Waals surface area contributed by atoms with Crippen LogP contribution >= 0.6 is 11.8 Å². The molecule has 2 heterocycles. The molecule has 3 aromatic rings. The van der Waals surface area contributed by atoms with Crippen LogP contribution in [0.1, 0.15) is 17.0 Å². The van der Waals surface area contributed by atoms with Crippen molar-refractivity contribution in [3.8, 4) is 11.7 Å². The molecule has 0 atom stereocenters. The average molecular weight is 387 g/mol. The van der Waals surface area contributed by atoms with Gasteiger partial charge >= 0.3 is 0 Å². The lowest BCUT2D eigenvalue weighted by atomic mass is 10.2. The Morgan fingerprint density at radius 1 is 1.30 bits per heavy atom. The van der Waals surface area contributed by atoms with Crippen LogP contribution in [0.4, 0.5) is 0 Å². The Balaban J connectivity index is 1.57. The number of thioether (sulfide) groups is 1. The largest absolute Gasteiger partial charge is 0.497 e. The molecule has 9 nitrogen and oxygen atoms in total. The average Bonchev–Trinajstić information content (AvgIpc) is 3.19. The Morgan fingerprint density at radius 2 is 2.11 bits per heavy atom. The van der Waals surface area contributed by atoms with Gasteiger partial charge in [-0.15, -0.1) is 10.2 Å². The Hall–Kier alpha value is -3.01. The van der Waals surface area contributed by atoms with Crippen LogP contribution in [-0.2, 0) is 11.3 Å². The highest BCUT2D eigenvalue weighted by atomic mass is 32.2. The third kappa shape index (κ3) is 4.40. The number of methoxy groups -OCH3 is 1. The zero-order valence-electron chi connectivity index (χ0n) is 15.3. The zero-order chi connectivity index (χ0) is 19.4. The SMILES string of the molecule is COc1cccc(CNC(=O)CSc2nnc(-n3nc(C)cc3C)n2N)c1. The van der Waals surface area contributed by atoms with E-state index in [1.807, 2.05) is 44.2 Å². The number of aryl methyl sites for hydroxylation is 2. The first-order valence-electron chi connectivity index (χ1n) is 8.24. The summed E-state index contributed by atoms with van der Waals surface area (Å²) in [7, 11) is 1.61. The molecule has 2 aromatic heterocycles. The molecule has 27 heavy (non-hydrogen) atoms. The number of nitrogen functional groups attached to an aromatic ring is 1. The van der Waals surface area contributed by atoms with Crippen molar-refractivity contribution in [1.29, 1.82) is 0 Å². The van der Waals surface area contributed by atoms with Gasteiger partial charge in [-0.05, 0) is 37.6 Å². The molecule has 142 valence electrons. The number of amides is 1. The molecule has 0 fully saturated rings. The fourth-order valence-electron chi connectivity index (χ4n) is 2.51. The predicted octanol–water partition coefficient (Wildman–Crippen LogP) is 1.21. The number of nitrogens with one attached hydrogen (secondary N) is 1. The van der Waals surface area contributed by atoms with E-state index in [9.17, 15) is 4.79 Å². The van der Waals surface area contributed by atoms with Crippen molar-refractivity contribution < 1.29 is 9.53 Å². The van der Waals surface area contributed by atoms with E-state index in [4.69, 9.17) is 10.6 Å². The first kappa shape index (κ1) is 18.8. The number of benzene rings is 1. The number of nitrogens with zero attached hydrogens (tertiary/aromatic N) is 5. The molecule has 0 spiro atoms. The van der Waals surface area contributed by atoms with Gasteiger partial charge in [-0.1, -0.05) is 23.9 Å². The van der Waals surface area contributed by atoms with Gasteiger partial charge < -0.3 is 15.9 Å². The van der Waals surface area contributed by atoms with E-state index in [0.29, 0.717) is 17.6 Å². The molecule has 1 amide bonds. The van der Waals surface area contributed by atoms with E-state index in [-0.39, 0.29) is 11.7 Å². The van der Waals surface area contributed by atoms with Gasteiger partial charge in [0.1, 0.15) is 5.75 Å². The summed E-state index contributed by atoms with van der Waals surface area (Å²) in [5.74, 6) is 7.27. The molecule has 3 rings (SSSR count). The maximum Gasteiger partial charge on any atom is 0.271 e. The number of ether oxygens (including phenoxy) is 1. The molecular formula is C17H21N7O2S. The molecule has 3 N–H and O–H groups in total. The number of rotatable bonds is 7. The summed E-state index contributed by atoms with van der Waals surface area (Å²) in [6.07, 6.45) is 0. The van der Waals surface area contributed by atoms with E-state index in [1.54, 1.807) is 11.8 Å². The molecule has 0 radical (unpaired) electrons. The van der Waals surface area contributed by atoms with Crippen LogP contribution in [-0.4, -0.2) is 43.4 Å². The molecular weight excluding hydrogens is 366 g/mol. The molecule has 10 heteroatoms.